The minimum absolute atomic E-state index is 0.215. The second-order valence-electron chi connectivity index (χ2n) is 6.42. The van der Waals surface area contributed by atoms with E-state index < -0.39 is 11.4 Å². The number of hydrogen-bond acceptors (Lipinski definition) is 7. The zero-order valence-corrected chi connectivity index (χ0v) is 15.6. The molecule has 0 aliphatic rings. The van der Waals surface area contributed by atoms with Crippen molar-refractivity contribution in [1.29, 1.82) is 15.9 Å². The van der Waals surface area contributed by atoms with Gasteiger partial charge in [0.25, 0.3) is 5.56 Å². The summed E-state index contributed by atoms with van der Waals surface area (Å²) >= 11 is 0. The molecule has 1 heterocycles. The number of hydrogen-bond donors (Lipinski definition) is 3. The first-order valence-corrected chi connectivity index (χ1v) is 8.91. The molecule has 0 amide bonds. The van der Waals surface area contributed by atoms with Crippen LogP contribution in [0.15, 0.2) is 34.1 Å². The maximum Gasteiger partial charge on any atom is 0.261 e. The van der Waals surface area contributed by atoms with E-state index >= 15 is 0 Å². The number of nitrogens with one attached hydrogen (secondary N) is 1. The minimum Gasteiger partial charge on any atom is -0.507 e. The Morgan fingerprint density at radius 1 is 1.24 bits per heavy atom. The lowest BCUT2D eigenvalue weighted by atomic mass is 10.00. The molecule has 2 aromatic carbocycles. The Morgan fingerprint density at radius 2 is 1.97 bits per heavy atom. The molecule has 0 unspecified atom stereocenters. The third-order valence-electron chi connectivity index (χ3n) is 4.67. The Hall–Kier alpha value is -4.17. The van der Waals surface area contributed by atoms with Crippen LogP contribution in [-0.4, -0.2) is 26.2 Å². The standard InChI is InChI=1S/C21H17N5O3/c1-2-3-7-26-20(28)13-6-4-5-12-15(11-25-17(10-23)16(24)9-22)18(27)8-14(19(12)13)21(26)29/h4-6,8,11,24,27,29H,2-3,7H2,1H3/b15-11-,24-16?,25-17?. The highest BCUT2D eigenvalue weighted by molar-refractivity contribution is 6.52. The number of benzene rings is 2. The Labute approximate surface area is 165 Å². The molecule has 0 atom stereocenters. The van der Waals surface area contributed by atoms with E-state index in [1.807, 2.05) is 6.92 Å². The van der Waals surface area contributed by atoms with Gasteiger partial charge in [0.1, 0.15) is 17.9 Å². The van der Waals surface area contributed by atoms with Gasteiger partial charge in [-0.25, -0.2) is 4.99 Å². The van der Waals surface area contributed by atoms with Crippen LogP contribution >= 0.6 is 0 Å². The van der Waals surface area contributed by atoms with Crippen LogP contribution < -0.4 is 10.8 Å². The number of nitrogens with zero attached hydrogens (tertiary/aromatic N) is 4. The average Bonchev–Trinajstić information content (AvgIpc) is 2.73. The number of phenolic OH excluding ortho intramolecular Hbond substituents is 1. The lowest BCUT2D eigenvalue weighted by Gasteiger charge is -2.14. The molecule has 0 bridgehead atoms. The van der Waals surface area contributed by atoms with Gasteiger partial charge in [-0.15, -0.1) is 0 Å². The van der Waals surface area contributed by atoms with Crippen molar-refractivity contribution in [1.82, 2.24) is 4.57 Å². The molecule has 3 aromatic rings. The molecule has 0 spiro atoms. The van der Waals surface area contributed by atoms with Gasteiger partial charge in [0.2, 0.25) is 5.88 Å². The van der Waals surface area contributed by atoms with Gasteiger partial charge in [-0.05, 0) is 23.9 Å². The van der Waals surface area contributed by atoms with Crippen molar-refractivity contribution in [3.8, 4) is 23.8 Å². The van der Waals surface area contributed by atoms with Crippen molar-refractivity contribution in [3.63, 3.8) is 0 Å². The number of nitriles is 2. The Balaban J connectivity index is 2.42. The van der Waals surface area contributed by atoms with Crippen LogP contribution in [-0.2, 0) is 6.54 Å². The zero-order chi connectivity index (χ0) is 21.1. The molecule has 3 N–H and O–H groups in total. The Kier molecular flexibility index (Phi) is 5.29. The Bertz CT molecular complexity index is 1370. The first-order chi connectivity index (χ1) is 13.9. The van der Waals surface area contributed by atoms with Crippen LogP contribution in [0.1, 0.15) is 19.8 Å². The summed E-state index contributed by atoms with van der Waals surface area (Å²) in [5, 5.41) is 48.3. The number of aromatic hydroxyl groups is 2. The summed E-state index contributed by atoms with van der Waals surface area (Å²) in [5.74, 6) is -0.438. The second-order valence-corrected chi connectivity index (χ2v) is 6.42. The van der Waals surface area contributed by atoms with Crippen LogP contribution in [0.5, 0.6) is 11.6 Å². The molecule has 8 nitrogen and oxygen atoms in total. The third-order valence-corrected chi connectivity index (χ3v) is 4.67. The van der Waals surface area contributed by atoms with Gasteiger partial charge in [0, 0.05) is 34.1 Å². The number of rotatable bonds is 5. The monoisotopic (exact) mass is 387 g/mol. The number of aromatic nitrogens is 1. The lowest BCUT2D eigenvalue weighted by Crippen LogP contribution is -2.21. The van der Waals surface area contributed by atoms with E-state index in [0.29, 0.717) is 28.1 Å². The van der Waals surface area contributed by atoms with E-state index in [1.165, 1.54) is 22.9 Å². The molecule has 0 aliphatic heterocycles. The molecule has 0 aliphatic carbocycles. The fourth-order valence-corrected chi connectivity index (χ4v) is 3.22. The van der Waals surface area contributed by atoms with Crippen molar-refractivity contribution >= 4 is 39.2 Å². The van der Waals surface area contributed by atoms with Crippen molar-refractivity contribution in [2.75, 3.05) is 0 Å². The van der Waals surface area contributed by atoms with Crippen LogP contribution in [0, 0.1) is 28.1 Å². The van der Waals surface area contributed by atoms with E-state index in [4.69, 9.17) is 15.9 Å². The van der Waals surface area contributed by atoms with Crippen molar-refractivity contribution < 1.29 is 10.2 Å². The predicted molar refractivity (Wildman–Crippen MR) is 110 cm³/mol. The van der Waals surface area contributed by atoms with Gasteiger partial charge in [-0.3, -0.25) is 14.8 Å². The number of phenols is 1. The predicted octanol–water partition coefficient (Wildman–Crippen LogP) is 2.33. The molecule has 8 heteroatoms. The highest BCUT2D eigenvalue weighted by atomic mass is 16.3. The molecule has 3 rings (SSSR count). The normalized spacial score (nSPS) is 12.2. The quantitative estimate of drug-likeness (QED) is 0.575. The lowest BCUT2D eigenvalue weighted by molar-refractivity contribution is 0.409. The van der Waals surface area contributed by atoms with E-state index in [0.717, 1.165) is 12.8 Å². The SMILES string of the molecule is CCCCn1c(O)c2cc(O)/c(=C\N=C(C#N)C(=N)C#N)c3cccc(c1=O)c23. The molecular weight excluding hydrogens is 370 g/mol. The van der Waals surface area contributed by atoms with Crippen molar-refractivity contribution in [2.45, 2.75) is 26.3 Å². The highest BCUT2D eigenvalue weighted by Gasteiger charge is 2.17. The maximum atomic E-state index is 12.9. The summed E-state index contributed by atoms with van der Waals surface area (Å²) in [6.45, 7) is 2.34. The summed E-state index contributed by atoms with van der Waals surface area (Å²) in [6, 6.07) is 9.50. The molecule has 0 fully saturated rings. The van der Waals surface area contributed by atoms with Crippen LogP contribution in [0.2, 0.25) is 0 Å². The first kappa shape index (κ1) is 19.6. The molecule has 0 saturated carbocycles. The molecule has 29 heavy (non-hydrogen) atoms. The number of pyridine rings is 1. The second kappa shape index (κ2) is 7.83. The van der Waals surface area contributed by atoms with Gasteiger partial charge in [0.05, 0.1) is 0 Å². The van der Waals surface area contributed by atoms with E-state index in [2.05, 4.69) is 4.99 Å². The molecule has 144 valence electrons. The van der Waals surface area contributed by atoms with Crippen LogP contribution in [0.25, 0.3) is 27.7 Å². The highest BCUT2D eigenvalue weighted by Crippen LogP contribution is 2.31. The number of unbranched alkanes of at least 4 members (excludes halogenated alkanes) is 1. The largest absolute Gasteiger partial charge is 0.507 e. The van der Waals surface area contributed by atoms with E-state index in [1.54, 1.807) is 24.3 Å². The first-order valence-electron chi connectivity index (χ1n) is 8.91. The van der Waals surface area contributed by atoms with Gasteiger partial charge in [0.15, 0.2) is 11.4 Å². The van der Waals surface area contributed by atoms with Crippen molar-refractivity contribution in [3.05, 3.63) is 39.8 Å². The van der Waals surface area contributed by atoms with Crippen LogP contribution in [0.4, 0.5) is 0 Å². The minimum atomic E-state index is -0.598. The van der Waals surface area contributed by atoms with Crippen LogP contribution in [0.3, 0.4) is 0 Å². The summed E-state index contributed by atoms with van der Waals surface area (Å²) in [6.07, 6.45) is 2.74. The average molecular weight is 387 g/mol. The zero-order valence-electron chi connectivity index (χ0n) is 15.6. The Morgan fingerprint density at radius 3 is 2.62 bits per heavy atom. The van der Waals surface area contributed by atoms with Gasteiger partial charge in [-0.2, -0.15) is 10.5 Å². The summed E-state index contributed by atoms with van der Waals surface area (Å²) in [4.78, 5) is 16.7. The summed E-state index contributed by atoms with van der Waals surface area (Å²) in [5.41, 5.74) is -1.33. The fourth-order valence-electron chi connectivity index (χ4n) is 3.22. The fraction of sp³-hybridized carbons (Fsp3) is 0.190. The molecular formula is C21H17N5O3. The topological polar surface area (TPSA) is 146 Å². The molecule has 0 saturated heterocycles. The molecule has 1 aromatic heterocycles. The maximum absolute atomic E-state index is 12.9. The molecule has 0 radical (unpaired) electrons. The van der Waals surface area contributed by atoms with Gasteiger partial charge < -0.3 is 10.2 Å². The third kappa shape index (κ3) is 3.28. The summed E-state index contributed by atoms with van der Waals surface area (Å²) < 4.78 is 1.30. The smallest absolute Gasteiger partial charge is 0.261 e. The van der Waals surface area contributed by atoms with E-state index in [9.17, 15) is 15.0 Å². The van der Waals surface area contributed by atoms with Gasteiger partial charge in [-0.1, -0.05) is 25.5 Å². The van der Waals surface area contributed by atoms with E-state index in [-0.39, 0.29) is 22.4 Å². The summed E-state index contributed by atoms with van der Waals surface area (Å²) in [7, 11) is 0. The number of aliphatic imine (C=N–C) groups is 1. The van der Waals surface area contributed by atoms with Crippen molar-refractivity contribution in [2.24, 2.45) is 4.99 Å². The van der Waals surface area contributed by atoms with Gasteiger partial charge >= 0.3 is 0 Å².